The van der Waals surface area contributed by atoms with Gasteiger partial charge < -0.3 is 15.8 Å². The predicted molar refractivity (Wildman–Crippen MR) is 139 cm³/mol. The first-order chi connectivity index (χ1) is 17.0. The number of nitrogens with two attached hydrogens (primary N) is 1. The van der Waals surface area contributed by atoms with Gasteiger partial charge in [0.15, 0.2) is 0 Å². The molecule has 0 atom stereocenters. The van der Waals surface area contributed by atoms with Crippen LogP contribution in [0.25, 0.3) is 11.3 Å². The largest absolute Gasteiger partial charge is 0.450 e. The van der Waals surface area contributed by atoms with Crippen LogP contribution >= 0.6 is 0 Å². The number of nitrogens with one attached hydrogen (secondary N) is 2. The molecule has 3 rings (SSSR count). The van der Waals surface area contributed by atoms with Crippen LogP contribution in [-0.4, -0.2) is 35.6 Å². The van der Waals surface area contributed by atoms with Gasteiger partial charge in [-0.25, -0.2) is 9.48 Å². The Morgan fingerprint density at radius 1 is 1.09 bits per heavy atom. The maximum absolute atomic E-state index is 12.5. The van der Waals surface area contributed by atoms with Crippen LogP contribution in [0, 0.1) is 0 Å². The number of amides is 1. The van der Waals surface area contributed by atoms with Crippen LogP contribution in [0.2, 0.25) is 0 Å². The van der Waals surface area contributed by atoms with Crippen molar-refractivity contribution in [2.45, 2.75) is 32.7 Å². The van der Waals surface area contributed by atoms with E-state index in [0.29, 0.717) is 24.3 Å². The number of allylic oxidation sites excluding steroid dienone is 1. The maximum Gasteiger partial charge on any atom is 0.411 e. The minimum Gasteiger partial charge on any atom is -0.450 e. The number of aromatic nitrogens is 2. The normalized spacial score (nSPS) is 10.6. The first-order valence-corrected chi connectivity index (χ1v) is 11.8. The molecule has 0 spiro atoms. The second-order valence-corrected chi connectivity index (χ2v) is 8.16. The Labute approximate surface area is 205 Å². The molecule has 3 aromatic rings. The highest BCUT2D eigenvalue weighted by Gasteiger charge is 2.08. The fraction of sp³-hybridized carbons (Fsp3) is 0.296. The highest BCUT2D eigenvalue weighted by atomic mass is 16.5. The zero-order valence-electron chi connectivity index (χ0n) is 20.1. The molecule has 184 valence electrons. The van der Waals surface area contributed by atoms with Crippen molar-refractivity contribution < 1.29 is 9.53 Å². The molecule has 0 saturated heterocycles. The highest BCUT2D eigenvalue weighted by Crippen LogP contribution is 2.19. The van der Waals surface area contributed by atoms with Crippen LogP contribution in [0.15, 0.2) is 77.7 Å². The topological polar surface area (TPSA) is 111 Å². The van der Waals surface area contributed by atoms with E-state index in [2.05, 4.69) is 28.4 Å². The van der Waals surface area contributed by atoms with Crippen molar-refractivity contribution >= 4 is 11.8 Å². The van der Waals surface area contributed by atoms with Crippen molar-refractivity contribution in [1.29, 1.82) is 0 Å². The third-order valence-corrected chi connectivity index (χ3v) is 5.29. The molecule has 8 nitrogen and oxygen atoms in total. The molecule has 0 bridgehead atoms. The molecule has 0 radical (unpaired) electrons. The lowest BCUT2D eigenvalue weighted by atomic mass is 10.0. The molecule has 0 aliphatic heterocycles. The minimum atomic E-state index is -0.518. The summed E-state index contributed by atoms with van der Waals surface area (Å²) in [6, 6.07) is 18.6. The number of hydrogen-bond donors (Lipinski definition) is 3. The molecular weight excluding hydrogens is 442 g/mol. The maximum atomic E-state index is 12.5. The van der Waals surface area contributed by atoms with Crippen molar-refractivity contribution in [3.63, 3.8) is 0 Å². The van der Waals surface area contributed by atoms with Crippen LogP contribution in [0.3, 0.4) is 0 Å². The zero-order valence-corrected chi connectivity index (χ0v) is 20.1. The summed E-state index contributed by atoms with van der Waals surface area (Å²) in [7, 11) is 0. The molecule has 0 aliphatic carbocycles. The van der Waals surface area contributed by atoms with Crippen molar-refractivity contribution in [3.8, 4) is 11.3 Å². The van der Waals surface area contributed by atoms with E-state index in [1.165, 1.54) is 10.7 Å². The zero-order chi connectivity index (χ0) is 25.0. The fourth-order valence-electron chi connectivity index (χ4n) is 3.61. The molecular formula is C27H33N5O3. The monoisotopic (exact) mass is 475 g/mol. The highest BCUT2D eigenvalue weighted by molar-refractivity contribution is 5.84. The molecule has 0 saturated carbocycles. The van der Waals surface area contributed by atoms with Gasteiger partial charge in [0.1, 0.15) is 0 Å². The predicted octanol–water partition coefficient (Wildman–Crippen LogP) is 3.91. The Kier molecular flexibility index (Phi) is 9.62. The smallest absolute Gasteiger partial charge is 0.411 e. The number of benzene rings is 2. The number of ether oxygens (including phenoxy) is 1. The van der Waals surface area contributed by atoms with Crippen molar-refractivity contribution in [2.24, 2.45) is 5.73 Å². The standard InChI is InChI=1S/C27H33N5O3/c1-3-35-27(34)30-24-11-7-9-22(18-24)19-32-26(33)13-12-25(31-32)23-10-6-8-21(17-23)16-20(2)29-15-5-4-14-28/h6-13,17-18,29H,2-5,14-16,19,28H2,1H3,(H,30,34). The summed E-state index contributed by atoms with van der Waals surface area (Å²) in [5.74, 6) is 0. The number of hydrogen-bond acceptors (Lipinski definition) is 6. The van der Waals surface area contributed by atoms with Gasteiger partial charge in [-0.2, -0.15) is 5.10 Å². The second-order valence-electron chi connectivity index (χ2n) is 8.16. The number of nitrogens with zero attached hydrogens (tertiary/aromatic N) is 2. The Morgan fingerprint density at radius 3 is 2.69 bits per heavy atom. The molecule has 0 unspecified atom stereocenters. The number of anilines is 1. The van der Waals surface area contributed by atoms with Crippen LogP contribution in [0.5, 0.6) is 0 Å². The van der Waals surface area contributed by atoms with Crippen molar-refractivity contribution in [1.82, 2.24) is 15.1 Å². The minimum absolute atomic E-state index is 0.205. The van der Waals surface area contributed by atoms with E-state index in [-0.39, 0.29) is 18.7 Å². The van der Waals surface area contributed by atoms with E-state index in [1.807, 2.05) is 30.3 Å². The van der Waals surface area contributed by atoms with Gasteiger partial charge in [-0.1, -0.05) is 36.9 Å². The average Bonchev–Trinajstić information content (AvgIpc) is 2.84. The second kappa shape index (κ2) is 13.1. The van der Waals surface area contributed by atoms with E-state index >= 15 is 0 Å². The third kappa shape index (κ3) is 8.12. The van der Waals surface area contributed by atoms with Crippen LogP contribution in [0.1, 0.15) is 30.9 Å². The van der Waals surface area contributed by atoms with Crippen LogP contribution in [0.4, 0.5) is 10.5 Å². The summed E-state index contributed by atoms with van der Waals surface area (Å²) >= 11 is 0. The van der Waals surface area contributed by atoms with Gasteiger partial charge in [0.05, 0.1) is 18.8 Å². The van der Waals surface area contributed by atoms with E-state index in [4.69, 9.17) is 10.5 Å². The molecule has 35 heavy (non-hydrogen) atoms. The Hall–Kier alpha value is -3.91. The van der Waals surface area contributed by atoms with Gasteiger partial charge in [-0.3, -0.25) is 10.1 Å². The van der Waals surface area contributed by atoms with E-state index in [9.17, 15) is 9.59 Å². The summed E-state index contributed by atoms with van der Waals surface area (Å²) in [6.07, 6.45) is 2.19. The van der Waals surface area contributed by atoms with Crippen LogP contribution < -0.4 is 21.9 Å². The van der Waals surface area contributed by atoms with Crippen molar-refractivity contribution in [3.05, 3.63) is 94.4 Å². The van der Waals surface area contributed by atoms with Crippen LogP contribution in [-0.2, 0) is 17.7 Å². The molecule has 1 aromatic heterocycles. The van der Waals surface area contributed by atoms with Gasteiger partial charge >= 0.3 is 6.09 Å². The number of carbonyl (C=O) groups is 1. The van der Waals surface area contributed by atoms with Gasteiger partial charge in [-0.05, 0) is 61.7 Å². The SMILES string of the molecule is C=C(Cc1cccc(-c2ccc(=O)n(Cc3cccc(NC(=O)OCC)c3)n2)c1)NCCCCN. The molecule has 8 heteroatoms. The van der Waals surface area contributed by atoms with Gasteiger partial charge in [0.2, 0.25) is 0 Å². The first-order valence-electron chi connectivity index (χ1n) is 11.8. The Morgan fingerprint density at radius 2 is 1.89 bits per heavy atom. The van der Waals surface area contributed by atoms with Crippen molar-refractivity contribution in [2.75, 3.05) is 25.0 Å². The summed E-state index contributed by atoms with van der Waals surface area (Å²) < 4.78 is 6.34. The molecule has 0 aliphatic rings. The van der Waals surface area contributed by atoms with Gasteiger partial charge in [0, 0.05) is 36.0 Å². The number of unbranched alkanes of at least 4 members (excludes halogenated alkanes) is 1. The Balaban J connectivity index is 1.72. The Bertz CT molecular complexity index is 1210. The molecule has 1 amide bonds. The summed E-state index contributed by atoms with van der Waals surface area (Å²) in [4.78, 5) is 24.2. The molecule has 2 aromatic carbocycles. The lowest BCUT2D eigenvalue weighted by Gasteiger charge is -2.12. The third-order valence-electron chi connectivity index (χ3n) is 5.29. The molecule has 4 N–H and O–H groups in total. The quantitative estimate of drug-likeness (QED) is 0.343. The fourth-order valence-corrected chi connectivity index (χ4v) is 3.61. The number of carbonyl (C=O) groups excluding carboxylic acids is 1. The summed E-state index contributed by atoms with van der Waals surface area (Å²) in [5.41, 5.74) is 10.4. The summed E-state index contributed by atoms with van der Waals surface area (Å²) in [5, 5.41) is 10.6. The van der Waals surface area contributed by atoms with E-state index < -0.39 is 6.09 Å². The van der Waals surface area contributed by atoms with E-state index in [0.717, 1.165) is 41.8 Å². The summed E-state index contributed by atoms with van der Waals surface area (Å²) in [6.45, 7) is 7.98. The lowest BCUT2D eigenvalue weighted by molar-refractivity contribution is 0.168. The van der Waals surface area contributed by atoms with Gasteiger partial charge in [-0.15, -0.1) is 0 Å². The van der Waals surface area contributed by atoms with E-state index in [1.54, 1.807) is 25.1 Å². The number of rotatable bonds is 12. The molecule has 1 heterocycles. The molecule has 0 fully saturated rings. The average molecular weight is 476 g/mol. The first kappa shape index (κ1) is 25.7. The lowest BCUT2D eigenvalue weighted by Crippen LogP contribution is -2.23. The van der Waals surface area contributed by atoms with Gasteiger partial charge in [0.25, 0.3) is 5.56 Å².